The van der Waals surface area contributed by atoms with Gasteiger partial charge in [-0.2, -0.15) is 10.3 Å². The van der Waals surface area contributed by atoms with Crippen molar-refractivity contribution < 1.29 is 0 Å². The molecule has 0 bridgehead atoms. The summed E-state index contributed by atoms with van der Waals surface area (Å²) in [6, 6.07) is 7.97. The highest BCUT2D eigenvalue weighted by Crippen LogP contribution is 2.30. The lowest BCUT2D eigenvalue weighted by Crippen LogP contribution is -2.00. The Morgan fingerprint density at radius 2 is 2.29 bits per heavy atom. The van der Waals surface area contributed by atoms with E-state index in [0.717, 1.165) is 11.3 Å². The predicted octanol–water partition coefficient (Wildman–Crippen LogP) is 1.10. The van der Waals surface area contributed by atoms with Gasteiger partial charge in [0.05, 0.1) is 11.6 Å². The lowest BCUT2D eigenvalue weighted by molar-refractivity contribution is 0.881. The number of fused-ring (bicyclic) bond motifs is 1. The lowest BCUT2D eigenvalue weighted by Gasteiger charge is -2.01. The molecule has 1 unspecified atom stereocenters. The van der Waals surface area contributed by atoms with E-state index in [4.69, 9.17) is 0 Å². The number of rotatable bonds is 3. The van der Waals surface area contributed by atoms with Crippen LogP contribution in [0, 0.1) is 0 Å². The van der Waals surface area contributed by atoms with Crippen LogP contribution in [0.4, 0.5) is 11.6 Å². The Hall–Kier alpha value is -2.57. The molecule has 7 nitrogen and oxygen atoms in total. The molecule has 84 valence electrons. The van der Waals surface area contributed by atoms with Gasteiger partial charge in [0, 0.05) is 12.4 Å². The Labute approximate surface area is 96.7 Å². The van der Waals surface area contributed by atoms with Crippen molar-refractivity contribution in [2.24, 2.45) is 10.1 Å². The van der Waals surface area contributed by atoms with Crippen molar-refractivity contribution in [3.05, 3.63) is 29.8 Å². The summed E-state index contributed by atoms with van der Waals surface area (Å²) in [5, 5.41) is 17.2. The summed E-state index contributed by atoms with van der Waals surface area (Å²) in [5.41, 5.74) is 4.81. The molecule has 1 atom stereocenters. The van der Waals surface area contributed by atoms with Crippen molar-refractivity contribution in [1.82, 2.24) is 20.6 Å². The number of H-pyrrole nitrogens is 1. The van der Waals surface area contributed by atoms with Crippen LogP contribution >= 0.6 is 0 Å². The zero-order valence-electron chi connectivity index (χ0n) is 8.78. The molecule has 2 N–H and O–H groups in total. The first-order valence-electron chi connectivity index (χ1n) is 5.09. The number of aromatic nitrogens is 4. The zero-order chi connectivity index (χ0) is 11.5. The van der Waals surface area contributed by atoms with E-state index in [2.05, 4.69) is 36.1 Å². The Morgan fingerprint density at radius 1 is 1.35 bits per heavy atom. The van der Waals surface area contributed by atoms with E-state index in [1.807, 2.05) is 30.5 Å². The molecule has 0 saturated carbocycles. The zero-order valence-corrected chi connectivity index (χ0v) is 8.78. The summed E-state index contributed by atoms with van der Waals surface area (Å²) in [4.78, 5) is 4.30. The molecule has 7 heteroatoms. The highest BCUT2D eigenvalue weighted by molar-refractivity contribution is 5.96. The maximum absolute atomic E-state index is 4.30. The first kappa shape index (κ1) is 9.64. The summed E-state index contributed by atoms with van der Waals surface area (Å²) in [6.07, 6.45) is 3.61. The quantitative estimate of drug-likeness (QED) is 0.606. The van der Waals surface area contributed by atoms with Gasteiger partial charge in [-0.15, -0.1) is 5.10 Å². The van der Waals surface area contributed by atoms with Gasteiger partial charge in [0.15, 0.2) is 0 Å². The summed E-state index contributed by atoms with van der Waals surface area (Å²) in [6.45, 7) is 0. The van der Waals surface area contributed by atoms with E-state index in [1.54, 1.807) is 6.21 Å². The number of benzene rings is 1. The first-order chi connectivity index (χ1) is 8.43. The van der Waals surface area contributed by atoms with Gasteiger partial charge in [0.2, 0.25) is 0 Å². The second kappa shape index (κ2) is 4.12. The second-order valence-electron chi connectivity index (χ2n) is 3.49. The number of aliphatic imine (C=N–C) groups is 1. The van der Waals surface area contributed by atoms with Gasteiger partial charge in [0.25, 0.3) is 5.95 Å². The Balaban J connectivity index is 1.71. The fraction of sp³-hybridized carbons (Fsp3) is 0.100. The van der Waals surface area contributed by atoms with Crippen LogP contribution < -0.4 is 5.43 Å². The third kappa shape index (κ3) is 1.89. The van der Waals surface area contributed by atoms with Crippen LogP contribution in [0.1, 0.15) is 11.5 Å². The van der Waals surface area contributed by atoms with Gasteiger partial charge < -0.3 is 0 Å². The fourth-order valence-electron chi connectivity index (χ4n) is 1.63. The predicted molar refractivity (Wildman–Crippen MR) is 63.6 cm³/mol. The molecule has 17 heavy (non-hydrogen) atoms. The molecule has 1 aromatic heterocycles. The Kier molecular flexibility index (Phi) is 2.34. The molecule has 1 aliphatic rings. The number of para-hydroxylation sites is 1. The van der Waals surface area contributed by atoms with E-state index in [-0.39, 0.29) is 5.92 Å². The van der Waals surface area contributed by atoms with Gasteiger partial charge in [-0.25, -0.2) is 5.43 Å². The molecule has 0 spiro atoms. The maximum atomic E-state index is 4.30. The van der Waals surface area contributed by atoms with Gasteiger partial charge in [-0.3, -0.25) is 4.99 Å². The smallest absolute Gasteiger partial charge is 0.260 e. The minimum Gasteiger partial charge on any atom is -0.260 e. The average Bonchev–Trinajstić information content (AvgIpc) is 2.99. The van der Waals surface area contributed by atoms with Crippen molar-refractivity contribution in [1.29, 1.82) is 0 Å². The van der Waals surface area contributed by atoms with Crippen molar-refractivity contribution in [2.45, 2.75) is 5.92 Å². The molecule has 2 heterocycles. The summed E-state index contributed by atoms with van der Waals surface area (Å²) >= 11 is 0. The molecular weight excluding hydrogens is 218 g/mol. The van der Waals surface area contributed by atoms with E-state index < -0.39 is 0 Å². The fourth-order valence-corrected chi connectivity index (χ4v) is 1.63. The number of aromatic amines is 1. The largest absolute Gasteiger partial charge is 0.283 e. The number of nitrogens with zero attached hydrogens (tertiary/aromatic N) is 5. The number of hydrogen-bond donors (Lipinski definition) is 2. The SMILES string of the molecule is C1=Nc2ccccc2C1/C=N/Nc1nn[nH]n1. The van der Waals surface area contributed by atoms with Crippen LogP contribution in [0.3, 0.4) is 0 Å². The first-order valence-corrected chi connectivity index (χ1v) is 5.09. The standard InChI is InChI=1S/C10H9N7/c1-2-4-9-8(3-1)7(5-11-9)6-12-13-10-14-16-17-15-10/h1-7H,(H2,13,14,15,16,17)/b12-6+. The summed E-state index contributed by atoms with van der Waals surface area (Å²) in [5.74, 6) is 0.426. The van der Waals surface area contributed by atoms with Crippen molar-refractivity contribution >= 4 is 24.1 Å². The Bertz CT molecular complexity index is 558. The monoisotopic (exact) mass is 227 g/mol. The Morgan fingerprint density at radius 3 is 3.18 bits per heavy atom. The molecule has 1 aromatic carbocycles. The van der Waals surface area contributed by atoms with Crippen molar-refractivity contribution in [2.75, 3.05) is 5.43 Å². The molecule has 3 rings (SSSR count). The van der Waals surface area contributed by atoms with E-state index in [9.17, 15) is 0 Å². The minimum atomic E-state index is 0.0885. The second-order valence-corrected chi connectivity index (χ2v) is 3.49. The van der Waals surface area contributed by atoms with Crippen LogP contribution in [-0.4, -0.2) is 33.1 Å². The number of hydrazone groups is 1. The van der Waals surface area contributed by atoms with Crippen LogP contribution in [0.25, 0.3) is 0 Å². The highest BCUT2D eigenvalue weighted by Gasteiger charge is 2.15. The molecule has 1 aliphatic heterocycles. The van der Waals surface area contributed by atoms with Crippen molar-refractivity contribution in [3.8, 4) is 0 Å². The third-order valence-corrected chi connectivity index (χ3v) is 2.42. The number of hydrogen-bond acceptors (Lipinski definition) is 6. The van der Waals surface area contributed by atoms with Gasteiger partial charge in [0.1, 0.15) is 0 Å². The maximum Gasteiger partial charge on any atom is 0.283 e. The highest BCUT2D eigenvalue weighted by atomic mass is 15.5. The lowest BCUT2D eigenvalue weighted by atomic mass is 10.0. The molecular formula is C10H9N7. The molecule has 0 amide bonds. The van der Waals surface area contributed by atoms with Gasteiger partial charge in [-0.1, -0.05) is 23.3 Å². The van der Waals surface area contributed by atoms with Crippen LogP contribution in [0.5, 0.6) is 0 Å². The van der Waals surface area contributed by atoms with Crippen LogP contribution in [-0.2, 0) is 0 Å². The third-order valence-electron chi connectivity index (χ3n) is 2.42. The summed E-state index contributed by atoms with van der Waals surface area (Å²) < 4.78 is 0. The average molecular weight is 227 g/mol. The number of anilines is 1. The molecule has 0 radical (unpaired) electrons. The molecule has 0 fully saturated rings. The van der Waals surface area contributed by atoms with E-state index in [0.29, 0.717) is 5.95 Å². The molecule has 2 aromatic rings. The molecule has 0 aliphatic carbocycles. The van der Waals surface area contributed by atoms with Crippen LogP contribution in [0.15, 0.2) is 34.4 Å². The topological polar surface area (TPSA) is 91.2 Å². The van der Waals surface area contributed by atoms with Gasteiger partial charge in [-0.05, 0) is 16.8 Å². The van der Waals surface area contributed by atoms with E-state index >= 15 is 0 Å². The molecule has 0 saturated heterocycles. The number of tetrazole rings is 1. The van der Waals surface area contributed by atoms with E-state index in [1.165, 1.54) is 0 Å². The number of nitrogens with one attached hydrogen (secondary N) is 2. The normalized spacial score (nSPS) is 17.5. The van der Waals surface area contributed by atoms with Crippen LogP contribution in [0.2, 0.25) is 0 Å². The van der Waals surface area contributed by atoms with Crippen molar-refractivity contribution in [3.63, 3.8) is 0 Å². The summed E-state index contributed by atoms with van der Waals surface area (Å²) in [7, 11) is 0. The minimum absolute atomic E-state index is 0.0885. The van der Waals surface area contributed by atoms with Gasteiger partial charge >= 0.3 is 0 Å².